The van der Waals surface area contributed by atoms with Crippen LogP contribution < -0.4 is 25.6 Å². The predicted octanol–water partition coefficient (Wildman–Crippen LogP) is 3.93. The number of carbonyl (C=O) groups is 3. The van der Waals surface area contributed by atoms with E-state index in [1.807, 2.05) is 43.3 Å². The van der Waals surface area contributed by atoms with Gasteiger partial charge in [0.2, 0.25) is 17.7 Å². The maximum absolute atomic E-state index is 14.6. The number of primary amides is 1. The lowest BCUT2D eigenvalue weighted by Crippen LogP contribution is -2.63. The smallest absolute Gasteiger partial charge is 0.264 e. The molecule has 1 aliphatic rings. The van der Waals surface area contributed by atoms with Gasteiger partial charge < -0.3 is 21.3 Å². The van der Waals surface area contributed by atoms with Crippen molar-refractivity contribution in [3.63, 3.8) is 0 Å². The summed E-state index contributed by atoms with van der Waals surface area (Å²) in [5.74, 6) is -2.72. The molecule has 1 heterocycles. The predicted molar refractivity (Wildman–Crippen MR) is 172 cm³/mol. The van der Waals surface area contributed by atoms with Gasteiger partial charge in [0.25, 0.3) is 10.0 Å². The summed E-state index contributed by atoms with van der Waals surface area (Å²) in [5, 5.41) is 7.51. The third-order valence-electron chi connectivity index (χ3n) is 8.44. The molecule has 0 bridgehead atoms. The SMILES string of the molecule is CNC(C)(C(N)=O)[C@@H]1CN(S(=O)(=O)c2ccc(NC(C)=O)cc2)c2ccccc2N(Cc2c(C)ccc3ccccc23)C1=O. The summed E-state index contributed by atoms with van der Waals surface area (Å²) in [4.78, 5) is 40.6. The zero-order valence-corrected chi connectivity index (χ0v) is 25.8. The number of nitrogens with zero attached hydrogens (tertiary/aromatic N) is 2. The van der Waals surface area contributed by atoms with Crippen molar-refractivity contribution < 1.29 is 22.8 Å². The van der Waals surface area contributed by atoms with Crippen LogP contribution in [0.5, 0.6) is 0 Å². The molecule has 1 unspecified atom stereocenters. The number of amides is 3. The van der Waals surface area contributed by atoms with Gasteiger partial charge in [0.1, 0.15) is 5.54 Å². The molecule has 2 atom stereocenters. The topological polar surface area (TPSA) is 142 Å². The number of para-hydroxylation sites is 2. The molecule has 228 valence electrons. The van der Waals surface area contributed by atoms with E-state index in [4.69, 9.17) is 5.73 Å². The van der Waals surface area contributed by atoms with E-state index in [0.717, 1.165) is 21.9 Å². The van der Waals surface area contributed by atoms with Crippen LogP contribution in [0.4, 0.5) is 17.1 Å². The van der Waals surface area contributed by atoms with Crippen molar-refractivity contribution in [2.45, 2.75) is 37.8 Å². The van der Waals surface area contributed by atoms with Crippen molar-refractivity contribution in [3.05, 3.63) is 96.1 Å². The molecule has 44 heavy (non-hydrogen) atoms. The summed E-state index contributed by atoms with van der Waals surface area (Å²) < 4.78 is 29.9. The van der Waals surface area contributed by atoms with Crippen LogP contribution in [0.1, 0.15) is 25.0 Å². The molecule has 0 fully saturated rings. The van der Waals surface area contributed by atoms with Gasteiger partial charge in [-0.25, -0.2) is 8.42 Å². The molecule has 11 heteroatoms. The van der Waals surface area contributed by atoms with Crippen molar-refractivity contribution in [2.24, 2.45) is 11.7 Å². The van der Waals surface area contributed by atoms with E-state index in [1.54, 1.807) is 29.2 Å². The van der Waals surface area contributed by atoms with Gasteiger partial charge in [-0.3, -0.25) is 18.7 Å². The molecular formula is C33H35N5O5S. The molecule has 3 amide bonds. The van der Waals surface area contributed by atoms with Gasteiger partial charge in [0.15, 0.2) is 0 Å². The number of carbonyl (C=O) groups excluding carboxylic acids is 3. The van der Waals surface area contributed by atoms with Crippen LogP contribution in [-0.4, -0.2) is 45.3 Å². The maximum atomic E-state index is 14.6. The molecular weight excluding hydrogens is 578 g/mol. The van der Waals surface area contributed by atoms with Gasteiger partial charge in [0.05, 0.1) is 28.7 Å². The van der Waals surface area contributed by atoms with E-state index in [1.165, 1.54) is 49.5 Å². The molecule has 4 aromatic carbocycles. The van der Waals surface area contributed by atoms with Gasteiger partial charge in [-0.1, -0.05) is 48.5 Å². The number of aryl methyl sites for hydroxylation is 1. The summed E-state index contributed by atoms with van der Waals surface area (Å²) in [6.45, 7) is 4.63. The molecule has 0 aliphatic carbocycles. The first-order valence-corrected chi connectivity index (χ1v) is 15.6. The molecule has 1 aliphatic heterocycles. The van der Waals surface area contributed by atoms with E-state index < -0.39 is 33.3 Å². The Kier molecular flexibility index (Phi) is 8.19. The van der Waals surface area contributed by atoms with Gasteiger partial charge in [0, 0.05) is 19.2 Å². The van der Waals surface area contributed by atoms with Gasteiger partial charge in [-0.05, 0) is 79.2 Å². The summed E-state index contributed by atoms with van der Waals surface area (Å²) >= 11 is 0. The van der Waals surface area contributed by atoms with Crippen molar-refractivity contribution >= 4 is 55.6 Å². The van der Waals surface area contributed by atoms with Crippen molar-refractivity contribution in [1.29, 1.82) is 0 Å². The zero-order chi connectivity index (χ0) is 31.8. The Morgan fingerprint density at radius 3 is 2.23 bits per heavy atom. The summed E-state index contributed by atoms with van der Waals surface area (Å²) in [6, 6.07) is 24.5. The number of hydrogen-bond donors (Lipinski definition) is 3. The molecule has 4 N–H and O–H groups in total. The number of fused-ring (bicyclic) bond motifs is 2. The van der Waals surface area contributed by atoms with Crippen LogP contribution >= 0.6 is 0 Å². The molecule has 0 aromatic heterocycles. The minimum atomic E-state index is -4.27. The Balaban J connectivity index is 1.71. The van der Waals surface area contributed by atoms with E-state index in [9.17, 15) is 22.8 Å². The normalized spacial score (nSPS) is 16.6. The number of nitrogens with one attached hydrogen (secondary N) is 2. The molecule has 5 rings (SSSR count). The lowest BCUT2D eigenvalue weighted by molar-refractivity contribution is -0.133. The van der Waals surface area contributed by atoms with Crippen LogP contribution in [0.3, 0.4) is 0 Å². The maximum Gasteiger partial charge on any atom is 0.264 e. The monoisotopic (exact) mass is 613 g/mol. The van der Waals surface area contributed by atoms with Crippen molar-refractivity contribution in [2.75, 3.05) is 28.1 Å². The Morgan fingerprint density at radius 1 is 0.955 bits per heavy atom. The minimum absolute atomic E-state index is 0.0452. The Bertz CT molecular complexity index is 1880. The number of likely N-dealkylation sites (N-methyl/N-ethyl adjacent to an activating group) is 1. The van der Waals surface area contributed by atoms with Crippen LogP contribution in [0.15, 0.2) is 89.8 Å². The quantitative estimate of drug-likeness (QED) is 0.275. The lowest BCUT2D eigenvalue weighted by atomic mass is 9.83. The van der Waals surface area contributed by atoms with Crippen LogP contribution in [0.2, 0.25) is 0 Å². The highest BCUT2D eigenvalue weighted by atomic mass is 32.2. The van der Waals surface area contributed by atoms with E-state index in [0.29, 0.717) is 11.4 Å². The van der Waals surface area contributed by atoms with Gasteiger partial charge in [-0.2, -0.15) is 0 Å². The number of rotatable bonds is 8. The molecule has 0 saturated carbocycles. The second-order valence-electron chi connectivity index (χ2n) is 11.1. The average molecular weight is 614 g/mol. The molecule has 0 saturated heterocycles. The van der Waals surface area contributed by atoms with Crippen LogP contribution in [0.25, 0.3) is 10.8 Å². The number of benzene rings is 4. The van der Waals surface area contributed by atoms with Gasteiger partial charge in [-0.15, -0.1) is 0 Å². The standard InChI is InChI=1S/C33H35N5O5S/c1-21-13-14-23-9-5-6-10-26(23)27(21)19-37-29-11-7-8-12-30(29)38(20-28(31(37)40)33(3,35-4)32(34)41)44(42,43)25-17-15-24(16-18-25)36-22(2)39/h5-18,28,35H,19-20H2,1-4H3,(H2,34,41)(H,36,39)/t28-,33?/m1/s1. The Morgan fingerprint density at radius 2 is 1.59 bits per heavy atom. The number of sulfonamides is 1. The van der Waals surface area contributed by atoms with Crippen molar-refractivity contribution in [1.82, 2.24) is 5.32 Å². The molecule has 0 spiro atoms. The summed E-state index contributed by atoms with van der Waals surface area (Å²) in [6.07, 6.45) is 0. The first kappa shape index (κ1) is 30.7. The third kappa shape index (κ3) is 5.40. The summed E-state index contributed by atoms with van der Waals surface area (Å²) in [5.41, 5.74) is 7.26. The molecule has 4 aromatic rings. The van der Waals surface area contributed by atoms with Gasteiger partial charge >= 0.3 is 0 Å². The highest BCUT2D eigenvalue weighted by Crippen LogP contribution is 2.41. The Hall–Kier alpha value is -4.74. The second kappa shape index (κ2) is 11.7. The number of hydrogen-bond acceptors (Lipinski definition) is 6. The second-order valence-corrected chi connectivity index (χ2v) is 13.0. The largest absolute Gasteiger partial charge is 0.368 e. The summed E-state index contributed by atoms with van der Waals surface area (Å²) in [7, 11) is -2.75. The highest BCUT2D eigenvalue weighted by Gasteiger charge is 2.49. The average Bonchev–Trinajstić information content (AvgIpc) is 3.12. The van der Waals surface area contributed by atoms with E-state index in [2.05, 4.69) is 10.6 Å². The van der Waals surface area contributed by atoms with Crippen LogP contribution in [-0.2, 0) is 31.0 Å². The fraction of sp³-hybridized carbons (Fsp3) is 0.242. The number of anilines is 3. The molecule has 0 radical (unpaired) electrons. The third-order valence-corrected chi connectivity index (χ3v) is 10.2. The first-order valence-electron chi connectivity index (χ1n) is 14.2. The fourth-order valence-electron chi connectivity index (χ4n) is 5.70. The fourth-order valence-corrected chi connectivity index (χ4v) is 7.19. The Labute approximate surface area is 256 Å². The lowest BCUT2D eigenvalue weighted by Gasteiger charge is -2.36. The highest BCUT2D eigenvalue weighted by molar-refractivity contribution is 7.92. The van der Waals surface area contributed by atoms with Crippen molar-refractivity contribution in [3.8, 4) is 0 Å². The molecule has 10 nitrogen and oxygen atoms in total. The zero-order valence-electron chi connectivity index (χ0n) is 25.0. The van der Waals surface area contributed by atoms with Crippen LogP contribution in [0, 0.1) is 12.8 Å². The van der Waals surface area contributed by atoms with E-state index in [-0.39, 0.29) is 29.6 Å². The first-order chi connectivity index (χ1) is 20.9. The minimum Gasteiger partial charge on any atom is -0.368 e. The van der Waals surface area contributed by atoms with E-state index >= 15 is 0 Å². The number of nitrogens with two attached hydrogens (primary N) is 1.